The van der Waals surface area contributed by atoms with Gasteiger partial charge < -0.3 is 9.73 Å². The van der Waals surface area contributed by atoms with Gasteiger partial charge in [0.15, 0.2) is 0 Å². The van der Waals surface area contributed by atoms with E-state index >= 15 is 0 Å². The molecule has 0 saturated carbocycles. The molecular weight excluding hydrogens is 347 g/mol. The van der Waals surface area contributed by atoms with Gasteiger partial charge in [-0.1, -0.05) is 29.3 Å². The second-order valence-electron chi connectivity index (χ2n) is 6.12. The van der Waals surface area contributed by atoms with Gasteiger partial charge >= 0.3 is 0 Å². The Morgan fingerprint density at radius 3 is 2.92 bits per heavy atom. The predicted molar refractivity (Wildman–Crippen MR) is 95.0 cm³/mol. The highest BCUT2D eigenvalue weighted by Crippen LogP contribution is 2.25. The van der Waals surface area contributed by atoms with E-state index in [4.69, 9.17) is 27.6 Å². The topological polar surface area (TPSA) is 45.5 Å². The molecule has 0 radical (unpaired) electrons. The fourth-order valence-electron chi connectivity index (χ4n) is 3.04. The molecule has 24 heavy (non-hydrogen) atoms. The van der Waals surface area contributed by atoms with Crippen molar-refractivity contribution in [1.29, 1.82) is 0 Å². The first-order valence-corrected chi connectivity index (χ1v) is 8.84. The van der Waals surface area contributed by atoms with Crippen LogP contribution in [0, 0.1) is 5.92 Å². The SMILES string of the molecule is O=C(NCc1ccco1)C1CCCN(Cc2ccc(Cl)c(Cl)c2)C1. The van der Waals surface area contributed by atoms with E-state index in [0.29, 0.717) is 16.6 Å². The molecule has 4 nitrogen and oxygen atoms in total. The van der Waals surface area contributed by atoms with Gasteiger partial charge in [0.25, 0.3) is 0 Å². The Balaban J connectivity index is 1.53. The molecule has 1 aliphatic heterocycles. The fourth-order valence-corrected chi connectivity index (χ4v) is 3.36. The van der Waals surface area contributed by atoms with Crippen LogP contribution >= 0.6 is 23.2 Å². The number of halogens is 2. The molecule has 1 aromatic carbocycles. The van der Waals surface area contributed by atoms with E-state index < -0.39 is 0 Å². The molecule has 128 valence electrons. The molecule has 1 saturated heterocycles. The maximum atomic E-state index is 12.4. The Kier molecular flexibility index (Phi) is 5.82. The van der Waals surface area contributed by atoms with E-state index in [0.717, 1.165) is 43.8 Å². The van der Waals surface area contributed by atoms with E-state index in [1.807, 2.05) is 30.3 Å². The number of benzene rings is 1. The standard InChI is InChI=1S/C18H20Cl2N2O2/c19-16-6-5-13(9-17(16)20)11-22-7-1-3-14(12-22)18(23)21-10-15-4-2-8-24-15/h2,4-6,8-9,14H,1,3,7,10-12H2,(H,21,23). The van der Waals surface area contributed by atoms with E-state index in [2.05, 4.69) is 10.2 Å². The largest absolute Gasteiger partial charge is 0.467 e. The average molecular weight is 367 g/mol. The van der Waals surface area contributed by atoms with Crippen LogP contribution in [0.4, 0.5) is 0 Å². The van der Waals surface area contributed by atoms with Gasteiger partial charge in [-0.2, -0.15) is 0 Å². The van der Waals surface area contributed by atoms with Crippen LogP contribution in [-0.2, 0) is 17.9 Å². The van der Waals surface area contributed by atoms with Crippen LogP contribution in [0.25, 0.3) is 0 Å². The molecule has 0 spiro atoms. The number of hydrogen-bond donors (Lipinski definition) is 1. The molecule has 0 aliphatic carbocycles. The third-order valence-corrected chi connectivity index (χ3v) is 5.02. The molecule has 1 fully saturated rings. The number of furan rings is 1. The summed E-state index contributed by atoms with van der Waals surface area (Å²) in [6.07, 6.45) is 3.54. The molecule has 0 bridgehead atoms. The number of carbonyl (C=O) groups excluding carboxylic acids is 1. The molecule has 1 unspecified atom stereocenters. The van der Waals surface area contributed by atoms with Gasteiger partial charge in [-0.3, -0.25) is 9.69 Å². The Bertz CT molecular complexity index is 688. The summed E-state index contributed by atoms with van der Waals surface area (Å²) in [6, 6.07) is 9.37. The van der Waals surface area contributed by atoms with Crippen LogP contribution in [0.2, 0.25) is 10.0 Å². The highest BCUT2D eigenvalue weighted by molar-refractivity contribution is 6.42. The van der Waals surface area contributed by atoms with E-state index in [1.54, 1.807) is 6.26 Å². The molecule has 1 aromatic heterocycles. The van der Waals surface area contributed by atoms with E-state index in [-0.39, 0.29) is 11.8 Å². The third kappa shape index (κ3) is 4.53. The summed E-state index contributed by atoms with van der Waals surface area (Å²) in [4.78, 5) is 14.7. The summed E-state index contributed by atoms with van der Waals surface area (Å²) < 4.78 is 5.24. The van der Waals surface area contributed by atoms with Crippen molar-refractivity contribution >= 4 is 29.1 Å². The molecule has 3 rings (SSSR count). The molecule has 6 heteroatoms. The first kappa shape index (κ1) is 17.3. The molecule has 1 aliphatic rings. The number of nitrogens with one attached hydrogen (secondary N) is 1. The number of amides is 1. The van der Waals surface area contributed by atoms with Gasteiger partial charge in [0, 0.05) is 13.1 Å². The van der Waals surface area contributed by atoms with E-state index in [1.165, 1.54) is 0 Å². The van der Waals surface area contributed by atoms with Gasteiger partial charge in [0.05, 0.1) is 28.8 Å². The van der Waals surface area contributed by atoms with Crippen LogP contribution in [0.15, 0.2) is 41.0 Å². The zero-order valence-electron chi connectivity index (χ0n) is 13.3. The summed E-state index contributed by atoms with van der Waals surface area (Å²) in [5, 5.41) is 4.09. The highest BCUT2D eigenvalue weighted by Gasteiger charge is 2.25. The molecule has 1 atom stereocenters. The van der Waals surface area contributed by atoms with Crippen molar-refractivity contribution in [2.45, 2.75) is 25.9 Å². The lowest BCUT2D eigenvalue weighted by Crippen LogP contribution is -2.42. The minimum absolute atomic E-state index is 0.0106. The molecule has 2 aromatic rings. The summed E-state index contributed by atoms with van der Waals surface area (Å²) in [5.41, 5.74) is 1.11. The van der Waals surface area contributed by atoms with Gasteiger partial charge in [0.2, 0.25) is 5.91 Å². The first-order chi connectivity index (χ1) is 11.6. The third-order valence-electron chi connectivity index (χ3n) is 4.28. The average Bonchev–Trinajstić information content (AvgIpc) is 3.10. The van der Waals surface area contributed by atoms with Crippen molar-refractivity contribution < 1.29 is 9.21 Å². The predicted octanol–water partition coefficient (Wildman–Crippen LogP) is 4.11. The van der Waals surface area contributed by atoms with Crippen LogP contribution < -0.4 is 5.32 Å². The van der Waals surface area contributed by atoms with Crippen LogP contribution in [0.3, 0.4) is 0 Å². The second-order valence-corrected chi connectivity index (χ2v) is 6.93. The summed E-state index contributed by atoms with van der Waals surface area (Å²) in [5.74, 6) is 0.869. The Morgan fingerprint density at radius 1 is 1.29 bits per heavy atom. The molecule has 1 amide bonds. The zero-order valence-corrected chi connectivity index (χ0v) is 14.8. The monoisotopic (exact) mass is 366 g/mol. The normalized spacial score (nSPS) is 18.5. The number of piperidine rings is 1. The quantitative estimate of drug-likeness (QED) is 0.865. The number of likely N-dealkylation sites (tertiary alicyclic amines) is 1. The highest BCUT2D eigenvalue weighted by atomic mass is 35.5. The number of nitrogens with zero attached hydrogens (tertiary/aromatic N) is 1. The van der Waals surface area contributed by atoms with Crippen molar-refractivity contribution in [3.63, 3.8) is 0 Å². The Morgan fingerprint density at radius 2 is 2.17 bits per heavy atom. The summed E-state index contributed by atoms with van der Waals surface area (Å²) >= 11 is 12.0. The maximum Gasteiger partial charge on any atom is 0.224 e. The van der Waals surface area contributed by atoms with E-state index in [9.17, 15) is 4.79 Å². The van der Waals surface area contributed by atoms with Crippen molar-refractivity contribution in [1.82, 2.24) is 10.2 Å². The van der Waals surface area contributed by atoms with Gasteiger partial charge in [0.1, 0.15) is 5.76 Å². The lowest BCUT2D eigenvalue weighted by molar-refractivity contribution is -0.127. The first-order valence-electron chi connectivity index (χ1n) is 8.08. The van der Waals surface area contributed by atoms with Crippen molar-refractivity contribution in [2.75, 3.05) is 13.1 Å². The van der Waals surface area contributed by atoms with Crippen LogP contribution in [0.1, 0.15) is 24.2 Å². The molecule has 1 N–H and O–H groups in total. The second kappa shape index (κ2) is 8.06. The minimum Gasteiger partial charge on any atom is -0.467 e. The zero-order chi connectivity index (χ0) is 16.9. The van der Waals surface area contributed by atoms with Crippen LogP contribution in [-0.4, -0.2) is 23.9 Å². The molecule has 2 heterocycles. The van der Waals surface area contributed by atoms with Gasteiger partial charge in [-0.05, 0) is 49.2 Å². The number of carbonyl (C=O) groups is 1. The smallest absolute Gasteiger partial charge is 0.224 e. The van der Waals surface area contributed by atoms with Gasteiger partial charge in [-0.25, -0.2) is 0 Å². The Labute approximate surface area is 151 Å². The molecular formula is C18H20Cl2N2O2. The van der Waals surface area contributed by atoms with Crippen molar-refractivity contribution in [3.8, 4) is 0 Å². The minimum atomic E-state index is 0.0106. The lowest BCUT2D eigenvalue weighted by Gasteiger charge is -2.32. The number of rotatable bonds is 5. The Hall–Kier alpha value is -1.49. The van der Waals surface area contributed by atoms with Gasteiger partial charge in [-0.15, -0.1) is 0 Å². The fraction of sp³-hybridized carbons (Fsp3) is 0.389. The number of hydrogen-bond acceptors (Lipinski definition) is 3. The van der Waals surface area contributed by atoms with Crippen molar-refractivity contribution in [3.05, 3.63) is 58.0 Å². The lowest BCUT2D eigenvalue weighted by atomic mass is 9.96. The van der Waals surface area contributed by atoms with Crippen molar-refractivity contribution in [2.24, 2.45) is 5.92 Å². The summed E-state index contributed by atoms with van der Waals surface area (Å²) in [6.45, 7) is 2.96. The summed E-state index contributed by atoms with van der Waals surface area (Å²) in [7, 11) is 0. The maximum absolute atomic E-state index is 12.4. The van der Waals surface area contributed by atoms with Crippen LogP contribution in [0.5, 0.6) is 0 Å².